The Morgan fingerprint density at radius 1 is 0.884 bits per heavy atom. The van der Waals surface area contributed by atoms with Crippen LogP contribution in [-0.4, -0.2) is 16.6 Å². The summed E-state index contributed by atoms with van der Waals surface area (Å²) in [5, 5.41) is 3.49. The van der Waals surface area contributed by atoms with Crippen molar-refractivity contribution in [3.63, 3.8) is 0 Å². The molecule has 0 fully saturated rings. The minimum Gasteiger partial charge on any atom is -0.346 e. The van der Waals surface area contributed by atoms with E-state index in [1.807, 2.05) is 38.1 Å². The van der Waals surface area contributed by atoms with E-state index in [4.69, 9.17) is 9.59 Å². The average molecular weight is 589 g/mol. The highest BCUT2D eigenvalue weighted by molar-refractivity contribution is 5.99. The molecule has 0 bridgehead atoms. The summed E-state index contributed by atoms with van der Waals surface area (Å²) in [6.45, 7) is 6.07. The predicted octanol–water partition coefficient (Wildman–Crippen LogP) is 8.04. The van der Waals surface area contributed by atoms with Gasteiger partial charge in [0, 0.05) is 28.7 Å². The molecular weight excluding hydrogens is 560 g/mol. The van der Waals surface area contributed by atoms with Crippen LogP contribution in [0.3, 0.4) is 0 Å². The number of hydrogen-bond donors (Lipinski definition) is 1. The number of nitrogens with one attached hydrogen (secondary N) is 1. The van der Waals surface area contributed by atoms with Crippen molar-refractivity contribution in [1.29, 1.82) is 0 Å². The Balaban J connectivity index is 0.00000135. The van der Waals surface area contributed by atoms with Gasteiger partial charge < -0.3 is 9.88 Å². The molecule has 0 aliphatic carbocycles. The second kappa shape index (κ2) is 12.9. The van der Waals surface area contributed by atoms with Crippen molar-refractivity contribution >= 4 is 23.0 Å². The van der Waals surface area contributed by atoms with E-state index in [2.05, 4.69) is 46.3 Å². The predicted molar refractivity (Wildman–Crippen MR) is 155 cm³/mol. The van der Waals surface area contributed by atoms with Crippen LogP contribution < -0.4 is 5.32 Å². The van der Waals surface area contributed by atoms with Gasteiger partial charge in [-0.1, -0.05) is 54.6 Å². The molecule has 0 aliphatic heterocycles. The third-order valence-electron chi connectivity index (χ3n) is 7.44. The first-order valence-corrected chi connectivity index (χ1v) is 13.3. The van der Waals surface area contributed by atoms with Crippen LogP contribution in [0.5, 0.6) is 0 Å². The Morgan fingerprint density at radius 3 is 2.14 bits per heavy atom. The van der Waals surface area contributed by atoms with Gasteiger partial charge in [0.05, 0.1) is 11.6 Å². The highest BCUT2D eigenvalue weighted by atomic mass is 19.4. The van der Waals surface area contributed by atoms with Crippen LogP contribution in [0.1, 0.15) is 51.3 Å². The Kier molecular flexibility index (Phi) is 9.27. The Morgan fingerprint density at radius 2 is 1.51 bits per heavy atom. The molecule has 4 aromatic carbocycles. The Bertz CT molecular complexity index is 1790. The molecule has 9 heteroatoms. The highest BCUT2D eigenvalue weighted by Gasteiger charge is 2.35. The fourth-order valence-electron chi connectivity index (χ4n) is 5.12. The zero-order valence-electron chi connectivity index (χ0n) is 23.6. The zero-order valence-corrected chi connectivity index (χ0v) is 23.6. The van der Waals surface area contributed by atoms with Gasteiger partial charge in [-0.3, -0.25) is 4.79 Å². The lowest BCUT2D eigenvalue weighted by atomic mass is 10.00. The third-order valence-corrected chi connectivity index (χ3v) is 7.44. The van der Waals surface area contributed by atoms with E-state index >= 15 is 0 Å². The first-order valence-electron chi connectivity index (χ1n) is 13.3. The summed E-state index contributed by atoms with van der Waals surface area (Å²) in [5.74, 6) is -1.33. The van der Waals surface area contributed by atoms with Crippen LogP contribution in [0, 0.1) is 19.7 Å². The van der Waals surface area contributed by atoms with Gasteiger partial charge in [0.1, 0.15) is 5.82 Å². The topological polar surface area (TPSA) is 68.2 Å². The van der Waals surface area contributed by atoms with Crippen molar-refractivity contribution in [1.82, 2.24) is 9.88 Å². The highest BCUT2D eigenvalue weighted by Crippen LogP contribution is 2.35. The molecule has 1 N–H and O–H groups in total. The summed E-state index contributed by atoms with van der Waals surface area (Å²) in [6.07, 6.45) is -4.42. The number of rotatable bonds is 6. The number of alkyl halides is 3. The summed E-state index contributed by atoms with van der Waals surface area (Å²) in [6, 6.07) is 25.1. The quantitative estimate of drug-likeness (QED) is 0.204. The molecular formula is C34H28F4N2O3. The van der Waals surface area contributed by atoms with Crippen LogP contribution in [0.15, 0.2) is 91.0 Å². The van der Waals surface area contributed by atoms with E-state index in [1.54, 1.807) is 12.1 Å². The molecule has 0 saturated carbocycles. The number of amides is 1. The molecule has 0 aliphatic rings. The van der Waals surface area contributed by atoms with E-state index in [9.17, 15) is 22.4 Å². The first kappa shape index (κ1) is 30.9. The SMILES string of the molecule is Cc1c(C)n(Cc2ccc(-c3ccccc3)cc2)c2ccc(C(=O)N[C@@H](C)c3cc(F)ccc3C(F)(F)F)cc12.O=C=O. The van der Waals surface area contributed by atoms with Gasteiger partial charge in [0.15, 0.2) is 0 Å². The van der Waals surface area contributed by atoms with Crippen LogP contribution >= 0.6 is 0 Å². The van der Waals surface area contributed by atoms with E-state index in [0.717, 1.165) is 51.0 Å². The summed E-state index contributed by atoms with van der Waals surface area (Å²) in [5.41, 5.74) is 5.47. The van der Waals surface area contributed by atoms with Crippen molar-refractivity contribution < 1.29 is 31.9 Å². The van der Waals surface area contributed by atoms with Gasteiger partial charge in [-0.15, -0.1) is 0 Å². The van der Waals surface area contributed by atoms with Crippen molar-refractivity contribution in [2.45, 2.75) is 39.5 Å². The van der Waals surface area contributed by atoms with Crippen molar-refractivity contribution in [3.05, 3.63) is 130 Å². The molecule has 0 saturated heterocycles. The summed E-state index contributed by atoms with van der Waals surface area (Å²) < 4.78 is 56.4. The number of nitrogens with zero attached hydrogens (tertiary/aromatic N) is 1. The Hall–Kier alpha value is -5.01. The number of carbonyl (C=O) groups is 1. The summed E-state index contributed by atoms with van der Waals surface area (Å²) in [4.78, 5) is 29.3. The van der Waals surface area contributed by atoms with Crippen molar-refractivity contribution in [2.24, 2.45) is 0 Å². The van der Waals surface area contributed by atoms with Crippen LogP contribution in [0.4, 0.5) is 17.6 Å². The molecule has 0 unspecified atom stereocenters. The van der Waals surface area contributed by atoms with Gasteiger partial charge in [-0.05, 0) is 85.0 Å². The van der Waals surface area contributed by atoms with Crippen molar-refractivity contribution in [3.8, 4) is 11.1 Å². The molecule has 1 heterocycles. The van der Waals surface area contributed by atoms with Gasteiger partial charge >= 0.3 is 12.3 Å². The van der Waals surface area contributed by atoms with Crippen molar-refractivity contribution in [2.75, 3.05) is 0 Å². The van der Waals surface area contributed by atoms with Gasteiger partial charge in [-0.25, -0.2) is 4.39 Å². The molecule has 1 atom stereocenters. The first-order chi connectivity index (χ1) is 20.4. The molecule has 1 amide bonds. The third kappa shape index (κ3) is 6.90. The number of aryl methyl sites for hydroxylation is 1. The fourth-order valence-corrected chi connectivity index (χ4v) is 5.12. The molecule has 5 nitrogen and oxygen atoms in total. The maximum Gasteiger partial charge on any atom is 0.416 e. The minimum atomic E-state index is -4.67. The van der Waals surface area contributed by atoms with E-state index in [-0.39, 0.29) is 11.7 Å². The van der Waals surface area contributed by atoms with E-state index < -0.39 is 29.5 Å². The monoisotopic (exact) mass is 588 g/mol. The van der Waals surface area contributed by atoms with Crippen LogP contribution in [0.2, 0.25) is 0 Å². The fraction of sp³-hybridized carbons (Fsp3) is 0.176. The molecule has 0 radical (unpaired) electrons. The zero-order chi connectivity index (χ0) is 31.3. The molecule has 1 aromatic heterocycles. The lowest BCUT2D eigenvalue weighted by Gasteiger charge is -2.20. The Labute approximate surface area is 245 Å². The second-order valence-electron chi connectivity index (χ2n) is 10.1. The standard InChI is InChI=1S/C33H28F4N2O.CO2/c1-20-22(3)39(19-23-9-11-25(12-10-23)24-7-5-4-6-8-24)31-16-13-26(17-28(20)31)32(40)38-21(2)29-18-27(34)14-15-30(29)33(35,36)37;2-1-3/h4-18,21H,19H2,1-3H3,(H,38,40);/t21-;/m0./s1. The number of halogens is 4. The normalized spacial score (nSPS) is 11.8. The molecule has 220 valence electrons. The average Bonchev–Trinajstić information content (AvgIpc) is 3.22. The number of aromatic nitrogens is 1. The number of hydrogen-bond acceptors (Lipinski definition) is 3. The summed E-state index contributed by atoms with van der Waals surface area (Å²) in [7, 11) is 0. The smallest absolute Gasteiger partial charge is 0.346 e. The molecule has 5 rings (SSSR count). The van der Waals surface area contributed by atoms with E-state index in [1.165, 1.54) is 6.92 Å². The number of fused-ring (bicyclic) bond motifs is 1. The van der Waals surface area contributed by atoms with Crippen LogP contribution in [-0.2, 0) is 22.3 Å². The van der Waals surface area contributed by atoms with Gasteiger partial charge in [0.25, 0.3) is 5.91 Å². The largest absolute Gasteiger partial charge is 0.416 e. The number of benzene rings is 4. The lowest BCUT2D eigenvalue weighted by Crippen LogP contribution is -2.28. The van der Waals surface area contributed by atoms with Gasteiger partial charge in [0.2, 0.25) is 0 Å². The maximum absolute atomic E-state index is 13.8. The molecule has 5 aromatic rings. The summed E-state index contributed by atoms with van der Waals surface area (Å²) >= 11 is 0. The van der Waals surface area contributed by atoms with Gasteiger partial charge in [-0.2, -0.15) is 22.8 Å². The maximum atomic E-state index is 13.8. The molecule has 0 spiro atoms. The number of carbonyl (C=O) groups excluding carboxylic acids is 3. The minimum absolute atomic E-state index is 0.250. The van der Waals surface area contributed by atoms with E-state index in [0.29, 0.717) is 18.2 Å². The lowest BCUT2D eigenvalue weighted by molar-refractivity contribution is -0.191. The second-order valence-corrected chi connectivity index (χ2v) is 10.1. The van der Waals surface area contributed by atoms with Crippen LogP contribution in [0.25, 0.3) is 22.0 Å². The molecule has 43 heavy (non-hydrogen) atoms.